The van der Waals surface area contributed by atoms with E-state index in [4.69, 9.17) is 5.73 Å². The smallest absolute Gasteiger partial charge is 0.211 e. The molecule has 0 amide bonds. The molecule has 1 aliphatic carbocycles. The predicted molar refractivity (Wildman–Crippen MR) is 84.8 cm³/mol. The number of aliphatic imine (C=N–C) groups is 1. The number of hydrogen-bond acceptors (Lipinski definition) is 3. The lowest BCUT2D eigenvalue weighted by atomic mass is 10.4. The van der Waals surface area contributed by atoms with Crippen LogP contribution in [0.25, 0.3) is 0 Å². The first-order chi connectivity index (χ1) is 7.96. The number of sulfonamides is 1. The van der Waals surface area contributed by atoms with Crippen molar-refractivity contribution in [3.63, 3.8) is 0 Å². The molecule has 1 fully saturated rings. The van der Waals surface area contributed by atoms with E-state index in [1.165, 1.54) is 12.8 Å². The Labute approximate surface area is 126 Å². The number of rotatable bonds is 7. The Kier molecular flexibility index (Phi) is 8.11. The first kappa shape index (κ1) is 17.9. The molecule has 0 atom stereocenters. The highest BCUT2D eigenvalue weighted by Crippen LogP contribution is 2.24. The van der Waals surface area contributed by atoms with Crippen molar-refractivity contribution in [2.75, 3.05) is 25.9 Å². The van der Waals surface area contributed by atoms with E-state index in [1.54, 1.807) is 6.92 Å². The van der Waals surface area contributed by atoms with Gasteiger partial charge < -0.3 is 10.6 Å². The van der Waals surface area contributed by atoms with Crippen molar-refractivity contribution in [2.45, 2.75) is 32.2 Å². The second kappa shape index (κ2) is 8.16. The molecule has 3 N–H and O–H groups in total. The minimum Gasteiger partial charge on any atom is -0.370 e. The van der Waals surface area contributed by atoms with Gasteiger partial charge in [0.1, 0.15) is 0 Å². The van der Waals surface area contributed by atoms with E-state index in [0.717, 1.165) is 0 Å². The van der Waals surface area contributed by atoms with Crippen molar-refractivity contribution >= 4 is 40.0 Å². The summed E-state index contributed by atoms with van der Waals surface area (Å²) in [6, 6.07) is 0.553. The molecule has 108 valence electrons. The van der Waals surface area contributed by atoms with Crippen LogP contribution in [0.5, 0.6) is 0 Å². The Hall–Kier alpha value is -0.0900. The molecular formula is C10H23IN4O2S. The van der Waals surface area contributed by atoms with Crippen LogP contribution in [0.15, 0.2) is 4.99 Å². The van der Waals surface area contributed by atoms with Gasteiger partial charge in [0.25, 0.3) is 0 Å². The number of halogens is 1. The SMILES string of the molecule is CCS(=O)(=O)NCCCN=C(N)N(C)C1CC1.I. The van der Waals surface area contributed by atoms with Crippen LogP contribution in [0, 0.1) is 0 Å². The highest BCUT2D eigenvalue weighted by atomic mass is 127. The summed E-state index contributed by atoms with van der Waals surface area (Å²) in [5.74, 6) is 0.661. The van der Waals surface area contributed by atoms with E-state index >= 15 is 0 Å². The highest BCUT2D eigenvalue weighted by molar-refractivity contribution is 14.0. The molecule has 18 heavy (non-hydrogen) atoms. The standard InChI is InChI=1S/C10H22N4O2S.HI/c1-3-17(15,16)13-8-4-7-12-10(11)14(2)9-5-6-9;/h9,13H,3-8H2,1-2H3,(H2,11,12);1H. The molecule has 0 aromatic rings. The Morgan fingerprint density at radius 3 is 2.61 bits per heavy atom. The summed E-state index contributed by atoms with van der Waals surface area (Å²) in [7, 11) is -1.14. The third-order valence-electron chi connectivity index (χ3n) is 2.77. The quantitative estimate of drug-likeness (QED) is 0.284. The molecule has 0 aliphatic heterocycles. The molecule has 0 saturated heterocycles. The largest absolute Gasteiger partial charge is 0.370 e. The Bertz CT molecular complexity index is 368. The van der Waals surface area contributed by atoms with E-state index in [9.17, 15) is 8.42 Å². The molecule has 8 heteroatoms. The molecule has 0 unspecified atom stereocenters. The van der Waals surface area contributed by atoms with Gasteiger partial charge in [0.2, 0.25) is 10.0 Å². The number of nitrogens with one attached hydrogen (secondary N) is 1. The topological polar surface area (TPSA) is 87.8 Å². The second-order valence-electron chi connectivity index (χ2n) is 4.23. The average Bonchev–Trinajstić information content (AvgIpc) is 3.11. The summed E-state index contributed by atoms with van der Waals surface area (Å²) in [6.45, 7) is 2.58. The number of nitrogens with zero attached hydrogens (tertiary/aromatic N) is 2. The van der Waals surface area contributed by atoms with Crippen molar-refractivity contribution in [1.82, 2.24) is 9.62 Å². The maximum atomic E-state index is 11.1. The van der Waals surface area contributed by atoms with Gasteiger partial charge in [-0.2, -0.15) is 0 Å². The maximum absolute atomic E-state index is 11.1. The summed E-state index contributed by atoms with van der Waals surface area (Å²) < 4.78 is 24.7. The van der Waals surface area contributed by atoms with Crippen LogP contribution in [-0.4, -0.2) is 51.2 Å². The van der Waals surface area contributed by atoms with E-state index in [2.05, 4.69) is 9.71 Å². The molecule has 1 saturated carbocycles. The number of hydrogen-bond donors (Lipinski definition) is 2. The zero-order valence-corrected chi connectivity index (χ0v) is 14.1. The van der Waals surface area contributed by atoms with Crippen LogP contribution in [0.4, 0.5) is 0 Å². The summed E-state index contributed by atoms with van der Waals surface area (Å²) in [4.78, 5) is 6.20. The second-order valence-corrected chi connectivity index (χ2v) is 6.33. The molecule has 0 heterocycles. The van der Waals surface area contributed by atoms with Gasteiger partial charge in [0, 0.05) is 26.2 Å². The van der Waals surface area contributed by atoms with Crippen LogP contribution in [0.3, 0.4) is 0 Å². The molecule has 0 spiro atoms. The minimum atomic E-state index is -3.08. The normalized spacial score (nSPS) is 16.2. The van der Waals surface area contributed by atoms with Gasteiger partial charge in [0.05, 0.1) is 5.75 Å². The van der Waals surface area contributed by atoms with Gasteiger partial charge in [-0.15, -0.1) is 24.0 Å². The van der Waals surface area contributed by atoms with Crippen LogP contribution in [0.2, 0.25) is 0 Å². The molecule has 0 aromatic carbocycles. The first-order valence-corrected chi connectivity index (χ1v) is 7.61. The van der Waals surface area contributed by atoms with E-state index in [0.29, 0.717) is 31.5 Å². The molecule has 0 radical (unpaired) electrons. The summed E-state index contributed by atoms with van der Waals surface area (Å²) in [5.41, 5.74) is 5.79. The van der Waals surface area contributed by atoms with Crippen LogP contribution < -0.4 is 10.5 Å². The Balaban J connectivity index is 0.00000289. The Morgan fingerprint density at radius 2 is 2.11 bits per heavy atom. The molecule has 6 nitrogen and oxygen atoms in total. The van der Waals surface area contributed by atoms with Crippen molar-refractivity contribution in [3.8, 4) is 0 Å². The monoisotopic (exact) mass is 390 g/mol. The zero-order valence-electron chi connectivity index (χ0n) is 10.9. The van der Waals surface area contributed by atoms with E-state index in [1.807, 2.05) is 11.9 Å². The fourth-order valence-corrected chi connectivity index (χ4v) is 2.02. The fourth-order valence-electron chi connectivity index (χ4n) is 1.36. The van der Waals surface area contributed by atoms with Gasteiger partial charge in [-0.3, -0.25) is 4.99 Å². The molecule has 1 aliphatic rings. The van der Waals surface area contributed by atoms with E-state index < -0.39 is 10.0 Å². The van der Waals surface area contributed by atoms with Crippen molar-refractivity contribution in [3.05, 3.63) is 0 Å². The summed E-state index contributed by atoms with van der Waals surface area (Å²) >= 11 is 0. The van der Waals surface area contributed by atoms with Gasteiger partial charge in [0.15, 0.2) is 5.96 Å². The zero-order chi connectivity index (χ0) is 12.9. The fraction of sp³-hybridized carbons (Fsp3) is 0.900. The summed E-state index contributed by atoms with van der Waals surface area (Å²) in [5, 5.41) is 0. The van der Waals surface area contributed by atoms with Crippen molar-refractivity contribution < 1.29 is 8.42 Å². The van der Waals surface area contributed by atoms with Crippen LogP contribution in [0.1, 0.15) is 26.2 Å². The third-order valence-corrected chi connectivity index (χ3v) is 4.17. The lowest BCUT2D eigenvalue weighted by Gasteiger charge is -2.16. The summed E-state index contributed by atoms with van der Waals surface area (Å²) in [6.07, 6.45) is 3.03. The third kappa shape index (κ3) is 6.74. The molecule has 1 rings (SSSR count). The number of guanidine groups is 1. The Morgan fingerprint density at radius 1 is 1.50 bits per heavy atom. The van der Waals surface area contributed by atoms with Gasteiger partial charge >= 0.3 is 0 Å². The van der Waals surface area contributed by atoms with Crippen LogP contribution >= 0.6 is 24.0 Å². The first-order valence-electron chi connectivity index (χ1n) is 5.96. The van der Waals surface area contributed by atoms with Crippen molar-refractivity contribution in [2.24, 2.45) is 10.7 Å². The van der Waals surface area contributed by atoms with Gasteiger partial charge in [-0.05, 0) is 26.2 Å². The lowest BCUT2D eigenvalue weighted by molar-refractivity contribution is 0.487. The molecular weight excluding hydrogens is 367 g/mol. The maximum Gasteiger partial charge on any atom is 0.211 e. The highest BCUT2D eigenvalue weighted by Gasteiger charge is 2.27. The molecule has 0 bridgehead atoms. The van der Waals surface area contributed by atoms with Crippen LogP contribution in [-0.2, 0) is 10.0 Å². The lowest BCUT2D eigenvalue weighted by Crippen LogP contribution is -2.36. The van der Waals surface area contributed by atoms with Gasteiger partial charge in [-0.1, -0.05) is 0 Å². The van der Waals surface area contributed by atoms with E-state index in [-0.39, 0.29) is 29.7 Å². The minimum absolute atomic E-state index is 0. The average molecular weight is 390 g/mol. The van der Waals surface area contributed by atoms with Gasteiger partial charge in [-0.25, -0.2) is 13.1 Å². The molecule has 0 aromatic heterocycles. The number of nitrogens with two attached hydrogens (primary N) is 1. The van der Waals surface area contributed by atoms with Crippen molar-refractivity contribution in [1.29, 1.82) is 0 Å². The predicted octanol–water partition coefficient (Wildman–Crippen LogP) is 0.343.